The van der Waals surface area contributed by atoms with Gasteiger partial charge in [-0.15, -0.1) is 0 Å². The first kappa shape index (κ1) is 16.1. The Labute approximate surface area is 154 Å². The third-order valence-corrected chi connectivity index (χ3v) is 5.17. The molecule has 7 heteroatoms. The monoisotopic (exact) mass is 369 g/mol. The molecule has 0 bridgehead atoms. The lowest BCUT2D eigenvalue weighted by molar-refractivity contribution is -0.115. The number of rotatable bonds is 3. The summed E-state index contributed by atoms with van der Waals surface area (Å²) in [4.78, 5) is 12.6. The second-order valence-electron chi connectivity index (χ2n) is 5.79. The molecule has 1 fully saturated rings. The molecule has 1 aromatic carbocycles. The molecule has 2 aromatic rings. The van der Waals surface area contributed by atoms with Crippen LogP contribution in [-0.4, -0.2) is 22.5 Å². The molecular formula is C18H15N3O2S2. The van der Waals surface area contributed by atoms with Gasteiger partial charge in [-0.2, -0.15) is 5.10 Å². The van der Waals surface area contributed by atoms with Gasteiger partial charge < -0.3 is 9.73 Å². The van der Waals surface area contributed by atoms with Gasteiger partial charge in [0.2, 0.25) is 0 Å². The van der Waals surface area contributed by atoms with Crippen LogP contribution in [0, 0.1) is 12.8 Å². The second kappa shape index (κ2) is 6.50. The number of thioether (sulfide) groups is 1. The number of benzene rings is 1. The summed E-state index contributed by atoms with van der Waals surface area (Å²) in [6, 6.07) is 13.8. The number of hydrogen-bond donors (Lipinski definition) is 1. The van der Waals surface area contributed by atoms with E-state index >= 15 is 0 Å². The average Bonchev–Trinajstić information content (AvgIpc) is 3.28. The zero-order chi connectivity index (χ0) is 17.4. The number of nitrogens with one attached hydrogen (secondary N) is 1. The van der Waals surface area contributed by atoms with Crippen molar-refractivity contribution in [1.82, 2.24) is 5.32 Å². The van der Waals surface area contributed by atoms with Crippen LogP contribution in [0.25, 0.3) is 0 Å². The highest BCUT2D eigenvalue weighted by molar-refractivity contribution is 8.26. The van der Waals surface area contributed by atoms with Crippen LogP contribution in [-0.2, 0) is 4.79 Å². The Morgan fingerprint density at radius 3 is 2.76 bits per heavy atom. The molecule has 2 aliphatic heterocycles. The van der Waals surface area contributed by atoms with Crippen LogP contribution >= 0.6 is 24.0 Å². The lowest BCUT2D eigenvalue weighted by Gasteiger charge is -2.14. The van der Waals surface area contributed by atoms with E-state index in [1.54, 1.807) is 0 Å². The molecule has 1 saturated heterocycles. The minimum absolute atomic E-state index is 0.0556. The molecule has 0 spiro atoms. The van der Waals surface area contributed by atoms with Crippen LogP contribution in [0.2, 0.25) is 0 Å². The van der Waals surface area contributed by atoms with Crippen LogP contribution in [0.1, 0.15) is 11.5 Å². The number of anilines is 1. The number of para-hydroxylation sites is 1. The molecule has 2 aliphatic rings. The van der Waals surface area contributed by atoms with E-state index in [0.29, 0.717) is 15.8 Å². The zero-order valence-electron chi connectivity index (χ0n) is 13.4. The normalized spacial score (nSPS) is 21.8. The van der Waals surface area contributed by atoms with Crippen molar-refractivity contribution >= 4 is 45.6 Å². The van der Waals surface area contributed by atoms with Gasteiger partial charge in [0.05, 0.1) is 17.1 Å². The Morgan fingerprint density at radius 1 is 1.32 bits per heavy atom. The first-order valence-electron chi connectivity index (χ1n) is 7.83. The molecule has 4 rings (SSSR count). The summed E-state index contributed by atoms with van der Waals surface area (Å²) in [5, 5.41) is 9.34. The molecule has 1 unspecified atom stereocenters. The summed E-state index contributed by atoms with van der Waals surface area (Å²) in [5.74, 6) is 1.35. The van der Waals surface area contributed by atoms with Gasteiger partial charge in [-0.05, 0) is 31.2 Å². The Kier molecular flexibility index (Phi) is 4.19. The molecule has 126 valence electrons. The molecule has 0 saturated carbocycles. The van der Waals surface area contributed by atoms with E-state index in [1.165, 1.54) is 11.8 Å². The fourth-order valence-electron chi connectivity index (χ4n) is 2.84. The quantitative estimate of drug-likeness (QED) is 0.663. The van der Waals surface area contributed by atoms with Crippen molar-refractivity contribution < 1.29 is 9.21 Å². The van der Waals surface area contributed by atoms with E-state index in [1.807, 2.05) is 60.5 Å². The average molecular weight is 369 g/mol. The van der Waals surface area contributed by atoms with Crippen LogP contribution in [0.5, 0.6) is 0 Å². The van der Waals surface area contributed by atoms with Gasteiger partial charge in [0, 0.05) is 5.92 Å². The van der Waals surface area contributed by atoms with E-state index < -0.39 is 0 Å². The third-order valence-electron chi connectivity index (χ3n) is 3.99. The second-order valence-corrected chi connectivity index (χ2v) is 7.51. The van der Waals surface area contributed by atoms with Gasteiger partial charge in [0.25, 0.3) is 5.91 Å². The van der Waals surface area contributed by atoms with Crippen molar-refractivity contribution in [2.24, 2.45) is 11.0 Å². The number of nitrogens with zero attached hydrogens (tertiary/aromatic N) is 2. The Hall–Kier alpha value is -2.38. The molecule has 0 radical (unpaired) electrons. The van der Waals surface area contributed by atoms with Crippen LogP contribution in [0.15, 0.2) is 63.0 Å². The summed E-state index contributed by atoms with van der Waals surface area (Å²) in [6.07, 6.45) is 1.93. The standard InChI is InChI=1S/C18H15N3O2S2/c1-11-7-8-14(23-11)16-12(9-15-17(22)19-18(24)25-15)10-21(20-16)13-5-3-2-4-6-13/h2-9,12H,10H2,1H3,(H,19,22,24)/b15-9-. The van der Waals surface area contributed by atoms with E-state index in [2.05, 4.69) is 5.32 Å². The Balaban J connectivity index is 1.70. The number of aryl methyl sites for hydroxylation is 1. The number of thiocarbonyl (C=S) groups is 1. The van der Waals surface area contributed by atoms with Crippen LogP contribution < -0.4 is 10.3 Å². The third kappa shape index (κ3) is 3.25. The van der Waals surface area contributed by atoms with Gasteiger partial charge in [-0.1, -0.05) is 48.3 Å². The summed E-state index contributed by atoms with van der Waals surface area (Å²) in [6.45, 7) is 2.54. The minimum atomic E-state index is -0.150. The fourth-order valence-corrected chi connectivity index (χ4v) is 3.92. The molecule has 3 heterocycles. The summed E-state index contributed by atoms with van der Waals surface area (Å²) >= 11 is 6.36. The first-order valence-corrected chi connectivity index (χ1v) is 9.05. The number of carbonyl (C=O) groups excluding carboxylic acids is 1. The highest BCUT2D eigenvalue weighted by atomic mass is 32.2. The lowest BCUT2D eigenvalue weighted by atomic mass is 10.0. The van der Waals surface area contributed by atoms with Gasteiger partial charge in [-0.3, -0.25) is 9.80 Å². The predicted octanol–water partition coefficient (Wildman–Crippen LogP) is 3.46. The van der Waals surface area contributed by atoms with Crippen LogP contribution in [0.4, 0.5) is 5.69 Å². The van der Waals surface area contributed by atoms with E-state index in [-0.39, 0.29) is 11.8 Å². The van der Waals surface area contributed by atoms with Crippen molar-refractivity contribution in [3.63, 3.8) is 0 Å². The van der Waals surface area contributed by atoms with Crippen molar-refractivity contribution in [3.8, 4) is 0 Å². The molecule has 5 nitrogen and oxygen atoms in total. The molecule has 1 N–H and O–H groups in total. The van der Waals surface area contributed by atoms with Gasteiger partial charge >= 0.3 is 0 Å². The summed E-state index contributed by atoms with van der Waals surface area (Å²) in [5.41, 5.74) is 1.82. The predicted molar refractivity (Wildman–Crippen MR) is 104 cm³/mol. The summed E-state index contributed by atoms with van der Waals surface area (Å²) < 4.78 is 6.26. The van der Waals surface area contributed by atoms with E-state index in [0.717, 1.165) is 22.9 Å². The SMILES string of the molecule is Cc1ccc(C2=NN(c3ccccc3)CC2/C=C2\SC(=S)NC2=O)o1. The molecule has 25 heavy (non-hydrogen) atoms. The largest absolute Gasteiger partial charge is 0.460 e. The maximum atomic E-state index is 12.0. The van der Waals surface area contributed by atoms with Crippen molar-refractivity contribution in [3.05, 3.63) is 65.0 Å². The highest BCUT2D eigenvalue weighted by Gasteiger charge is 2.32. The Bertz CT molecular complexity index is 902. The molecule has 1 aromatic heterocycles. The maximum absolute atomic E-state index is 12.0. The van der Waals surface area contributed by atoms with Gasteiger partial charge in [-0.25, -0.2) is 0 Å². The summed E-state index contributed by atoms with van der Waals surface area (Å²) in [7, 11) is 0. The van der Waals surface area contributed by atoms with Gasteiger partial charge in [0.15, 0.2) is 5.76 Å². The number of furan rings is 1. The maximum Gasteiger partial charge on any atom is 0.263 e. The first-order chi connectivity index (χ1) is 12.1. The number of hydrazone groups is 1. The molecular weight excluding hydrogens is 354 g/mol. The van der Waals surface area contributed by atoms with Gasteiger partial charge in [0.1, 0.15) is 15.8 Å². The smallest absolute Gasteiger partial charge is 0.263 e. The molecule has 1 atom stereocenters. The Morgan fingerprint density at radius 2 is 2.12 bits per heavy atom. The van der Waals surface area contributed by atoms with E-state index in [9.17, 15) is 4.79 Å². The highest BCUT2D eigenvalue weighted by Crippen LogP contribution is 2.31. The van der Waals surface area contributed by atoms with Crippen molar-refractivity contribution in [2.75, 3.05) is 11.6 Å². The fraction of sp³-hybridized carbons (Fsp3) is 0.167. The lowest BCUT2D eigenvalue weighted by Crippen LogP contribution is -2.20. The van der Waals surface area contributed by atoms with Crippen molar-refractivity contribution in [1.29, 1.82) is 0 Å². The zero-order valence-corrected chi connectivity index (χ0v) is 15.1. The topological polar surface area (TPSA) is 57.8 Å². The number of amides is 1. The van der Waals surface area contributed by atoms with E-state index in [4.69, 9.17) is 21.7 Å². The minimum Gasteiger partial charge on any atom is -0.460 e. The molecule has 0 aliphatic carbocycles. The molecule has 1 amide bonds. The van der Waals surface area contributed by atoms with Crippen molar-refractivity contribution in [2.45, 2.75) is 6.92 Å². The van der Waals surface area contributed by atoms with Crippen LogP contribution in [0.3, 0.4) is 0 Å². The number of hydrogen-bond acceptors (Lipinski definition) is 6. The number of carbonyl (C=O) groups is 1.